The first kappa shape index (κ1) is 24.6. The van der Waals surface area contributed by atoms with Gasteiger partial charge in [0, 0.05) is 37.4 Å². The molecule has 0 bridgehead atoms. The number of primary amides is 1. The minimum Gasteiger partial charge on any atom is -0.490 e. The third-order valence-electron chi connectivity index (χ3n) is 4.63. The number of rotatable bonds is 11. The van der Waals surface area contributed by atoms with E-state index in [9.17, 15) is 18.4 Å². The number of carbonyl (C=O) groups is 2. The number of anilines is 1. The van der Waals surface area contributed by atoms with E-state index in [1.807, 2.05) is 0 Å². The maximum atomic E-state index is 14.5. The fourth-order valence-corrected chi connectivity index (χ4v) is 3.01. The molecule has 0 radical (unpaired) electrons. The Balaban J connectivity index is 1.82. The van der Waals surface area contributed by atoms with Gasteiger partial charge in [-0.05, 0) is 30.7 Å². The Labute approximate surface area is 194 Å². The molecule has 0 aliphatic heterocycles. The molecule has 34 heavy (non-hydrogen) atoms. The van der Waals surface area contributed by atoms with E-state index in [2.05, 4.69) is 15.6 Å². The number of hydrogen-bond donors (Lipinski definition) is 3. The molecular weight excluding hydrogens is 450 g/mol. The first-order chi connectivity index (χ1) is 16.4. The van der Waals surface area contributed by atoms with Gasteiger partial charge >= 0.3 is 6.03 Å². The van der Waals surface area contributed by atoms with Crippen molar-refractivity contribution in [1.82, 2.24) is 10.3 Å². The standard InChI is InChI=1S/C23H24F2N4O5/c1-32-9-10-33-21-13-19-15(12-16(21)22(26)30)20(5-8-27-19)34-14-3-4-18(17(25)11-14)29-23(31)28-7-2-6-24/h3-5,8,11-13H,2,6-7,9-10H2,1H3,(H2,26,30)(H2,28,29,31). The molecule has 9 nitrogen and oxygen atoms in total. The number of nitrogens with zero attached hydrogens (tertiary/aromatic N) is 1. The third-order valence-corrected chi connectivity index (χ3v) is 4.63. The van der Waals surface area contributed by atoms with Gasteiger partial charge in [0.05, 0.1) is 30.0 Å². The highest BCUT2D eigenvalue weighted by atomic mass is 19.1. The Bertz CT molecular complexity index is 1180. The van der Waals surface area contributed by atoms with Crippen molar-refractivity contribution in [3.63, 3.8) is 0 Å². The number of urea groups is 1. The van der Waals surface area contributed by atoms with Crippen LogP contribution in [-0.2, 0) is 4.74 Å². The van der Waals surface area contributed by atoms with Crippen LogP contribution in [0.2, 0.25) is 0 Å². The largest absolute Gasteiger partial charge is 0.490 e. The van der Waals surface area contributed by atoms with E-state index >= 15 is 0 Å². The average molecular weight is 474 g/mol. The van der Waals surface area contributed by atoms with Crippen LogP contribution in [-0.4, -0.2) is 50.5 Å². The Hall–Kier alpha value is -3.99. The van der Waals surface area contributed by atoms with Gasteiger partial charge in [-0.1, -0.05) is 0 Å². The summed E-state index contributed by atoms with van der Waals surface area (Å²) >= 11 is 0. The van der Waals surface area contributed by atoms with Crippen molar-refractivity contribution in [2.75, 3.05) is 38.9 Å². The van der Waals surface area contributed by atoms with E-state index in [1.165, 1.54) is 31.5 Å². The molecule has 0 spiro atoms. The van der Waals surface area contributed by atoms with Crippen LogP contribution in [0.3, 0.4) is 0 Å². The quantitative estimate of drug-likeness (QED) is 0.364. The number of pyridine rings is 1. The highest BCUT2D eigenvalue weighted by Crippen LogP contribution is 2.34. The van der Waals surface area contributed by atoms with Crippen molar-refractivity contribution in [2.24, 2.45) is 5.73 Å². The van der Waals surface area contributed by atoms with Crippen LogP contribution in [0.4, 0.5) is 19.3 Å². The first-order valence-corrected chi connectivity index (χ1v) is 10.4. The maximum Gasteiger partial charge on any atom is 0.319 e. The monoisotopic (exact) mass is 474 g/mol. The minimum atomic E-state index is -0.733. The van der Waals surface area contributed by atoms with Gasteiger partial charge in [-0.25, -0.2) is 9.18 Å². The number of carbonyl (C=O) groups excluding carboxylic acids is 2. The van der Waals surface area contributed by atoms with Crippen molar-refractivity contribution < 1.29 is 32.6 Å². The lowest BCUT2D eigenvalue weighted by atomic mass is 10.1. The van der Waals surface area contributed by atoms with E-state index in [1.54, 1.807) is 12.1 Å². The molecule has 180 valence electrons. The van der Waals surface area contributed by atoms with E-state index < -0.39 is 24.4 Å². The molecule has 0 atom stereocenters. The molecular formula is C23H24F2N4O5. The number of nitrogens with two attached hydrogens (primary N) is 1. The summed E-state index contributed by atoms with van der Waals surface area (Å²) in [6.45, 7) is 0.106. The van der Waals surface area contributed by atoms with Crippen molar-refractivity contribution >= 4 is 28.5 Å². The summed E-state index contributed by atoms with van der Waals surface area (Å²) in [7, 11) is 1.53. The van der Waals surface area contributed by atoms with Gasteiger partial charge in [0.25, 0.3) is 5.91 Å². The van der Waals surface area contributed by atoms with Gasteiger partial charge in [-0.2, -0.15) is 0 Å². The summed E-state index contributed by atoms with van der Waals surface area (Å²) in [4.78, 5) is 28.0. The predicted octanol–water partition coefficient (Wildman–Crippen LogP) is 3.77. The van der Waals surface area contributed by atoms with Crippen LogP contribution in [0.15, 0.2) is 42.6 Å². The Morgan fingerprint density at radius 3 is 2.65 bits per heavy atom. The Morgan fingerprint density at radius 1 is 1.12 bits per heavy atom. The third kappa shape index (κ3) is 6.29. The highest BCUT2D eigenvalue weighted by molar-refractivity contribution is 6.01. The lowest BCUT2D eigenvalue weighted by Crippen LogP contribution is -2.30. The zero-order chi connectivity index (χ0) is 24.5. The average Bonchev–Trinajstić information content (AvgIpc) is 2.81. The lowest BCUT2D eigenvalue weighted by molar-refractivity contribution is 0.0992. The smallest absolute Gasteiger partial charge is 0.319 e. The summed E-state index contributed by atoms with van der Waals surface area (Å²) in [5.41, 5.74) is 6.04. The van der Waals surface area contributed by atoms with Crippen LogP contribution >= 0.6 is 0 Å². The summed E-state index contributed by atoms with van der Waals surface area (Å²) in [6, 6.07) is 7.86. The number of hydrogen-bond acceptors (Lipinski definition) is 6. The number of benzene rings is 2. The predicted molar refractivity (Wildman–Crippen MR) is 122 cm³/mol. The zero-order valence-electron chi connectivity index (χ0n) is 18.4. The van der Waals surface area contributed by atoms with Crippen LogP contribution < -0.4 is 25.8 Å². The van der Waals surface area contributed by atoms with Gasteiger partial charge in [-0.15, -0.1) is 0 Å². The normalized spacial score (nSPS) is 10.7. The van der Waals surface area contributed by atoms with Gasteiger partial charge in [0.1, 0.15) is 29.7 Å². The maximum absolute atomic E-state index is 14.5. The fourth-order valence-electron chi connectivity index (χ4n) is 3.01. The van der Waals surface area contributed by atoms with Crippen molar-refractivity contribution in [2.45, 2.75) is 6.42 Å². The van der Waals surface area contributed by atoms with Crippen LogP contribution in [0.1, 0.15) is 16.8 Å². The molecule has 0 fully saturated rings. The molecule has 11 heteroatoms. The fraction of sp³-hybridized carbons (Fsp3) is 0.261. The highest BCUT2D eigenvalue weighted by Gasteiger charge is 2.16. The van der Waals surface area contributed by atoms with Crippen molar-refractivity contribution in [3.05, 3.63) is 54.0 Å². The molecule has 0 aliphatic rings. The number of fused-ring (bicyclic) bond motifs is 1. The zero-order valence-corrected chi connectivity index (χ0v) is 18.4. The second-order valence-corrected chi connectivity index (χ2v) is 7.05. The molecule has 0 aliphatic carbocycles. The molecule has 1 heterocycles. The molecule has 3 aromatic rings. The summed E-state index contributed by atoms with van der Waals surface area (Å²) in [5.74, 6) is -0.721. The van der Waals surface area contributed by atoms with Gasteiger partial charge in [0.2, 0.25) is 0 Å². The number of ether oxygens (including phenoxy) is 3. The summed E-state index contributed by atoms with van der Waals surface area (Å²) in [5, 5.41) is 5.23. The number of aromatic nitrogens is 1. The molecule has 0 saturated heterocycles. The Morgan fingerprint density at radius 2 is 1.94 bits per heavy atom. The molecule has 0 saturated carbocycles. The van der Waals surface area contributed by atoms with Crippen LogP contribution in [0, 0.1) is 5.82 Å². The van der Waals surface area contributed by atoms with E-state index in [4.69, 9.17) is 19.9 Å². The Kier molecular flexibility index (Phi) is 8.52. The van der Waals surface area contributed by atoms with E-state index in [0.717, 1.165) is 6.07 Å². The number of alkyl halides is 1. The summed E-state index contributed by atoms with van der Waals surface area (Å²) in [6.07, 6.45) is 1.66. The minimum absolute atomic E-state index is 0.0708. The topological polar surface area (TPSA) is 125 Å². The number of methoxy groups -OCH3 is 1. The van der Waals surface area contributed by atoms with E-state index in [0.29, 0.717) is 23.3 Å². The molecule has 0 unspecified atom stereocenters. The summed E-state index contributed by atoms with van der Waals surface area (Å²) < 4.78 is 43.0. The molecule has 4 N–H and O–H groups in total. The SMILES string of the molecule is COCCOc1cc2nccc(Oc3ccc(NC(=O)NCCCF)c(F)c3)c2cc1C(N)=O. The second kappa shape index (κ2) is 11.8. The first-order valence-electron chi connectivity index (χ1n) is 10.4. The van der Waals surface area contributed by atoms with Crippen molar-refractivity contribution in [3.8, 4) is 17.2 Å². The molecule has 3 rings (SSSR count). The van der Waals surface area contributed by atoms with Crippen molar-refractivity contribution in [1.29, 1.82) is 0 Å². The lowest BCUT2D eigenvalue weighted by Gasteiger charge is -2.14. The number of halogens is 2. The van der Waals surface area contributed by atoms with Crippen LogP contribution in [0.25, 0.3) is 10.9 Å². The van der Waals surface area contributed by atoms with E-state index in [-0.39, 0.29) is 42.3 Å². The molecule has 2 aromatic carbocycles. The van der Waals surface area contributed by atoms with Gasteiger partial charge in [0.15, 0.2) is 0 Å². The molecule has 1 aromatic heterocycles. The van der Waals surface area contributed by atoms with Gasteiger partial charge in [-0.3, -0.25) is 14.2 Å². The number of amides is 3. The number of nitrogens with one attached hydrogen (secondary N) is 2. The van der Waals surface area contributed by atoms with Crippen LogP contribution in [0.5, 0.6) is 17.2 Å². The molecule has 3 amide bonds. The van der Waals surface area contributed by atoms with Gasteiger partial charge < -0.3 is 30.6 Å². The second-order valence-electron chi connectivity index (χ2n) is 7.05.